The summed E-state index contributed by atoms with van der Waals surface area (Å²) in [6, 6.07) is 7.77. The van der Waals surface area contributed by atoms with E-state index in [1.807, 2.05) is 49.6 Å². The molecule has 0 fully saturated rings. The van der Waals surface area contributed by atoms with E-state index in [9.17, 15) is 14.4 Å². The number of methoxy groups -OCH3 is 1. The molecular formula is C25H31N5O5S2. The lowest BCUT2D eigenvalue weighted by atomic mass is 10.1. The molecule has 1 atom stereocenters. The Morgan fingerprint density at radius 2 is 1.84 bits per heavy atom. The molecule has 0 bridgehead atoms. The number of ether oxygens (including phenoxy) is 2. The number of rotatable bonds is 10. The van der Waals surface area contributed by atoms with Crippen LogP contribution in [0.2, 0.25) is 0 Å². The molecule has 37 heavy (non-hydrogen) atoms. The lowest BCUT2D eigenvalue weighted by Gasteiger charge is -2.15. The van der Waals surface area contributed by atoms with Gasteiger partial charge in [-0.15, -0.1) is 21.5 Å². The van der Waals surface area contributed by atoms with Crippen LogP contribution < -0.4 is 10.1 Å². The van der Waals surface area contributed by atoms with E-state index in [2.05, 4.69) is 15.5 Å². The van der Waals surface area contributed by atoms with E-state index >= 15 is 0 Å². The van der Waals surface area contributed by atoms with Crippen molar-refractivity contribution in [3.05, 3.63) is 51.7 Å². The predicted octanol–water partition coefficient (Wildman–Crippen LogP) is 4.34. The molecule has 1 aromatic carbocycles. The molecule has 1 unspecified atom stereocenters. The number of carbonyl (C=O) groups excluding carboxylic acids is 3. The first-order valence-corrected chi connectivity index (χ1v) is 13.4. The van der Waals surface area contributed by atoms with Gasteiger partial charge < -0.3 is 24.3 Å². The number of nitrogens with zero attached hydrogens (tertiary/aromatic N) is 4. The monoisotopic (exact) mass is 545 g/mol. The van der Waals surface area contributed by atoms with Crippen molar-refractivity contribution in [2.75, 3.05) is 32.3 Å². The second-order valence-corrected chi connectivity index (χ2v) is 10.4. The lowest BCUT2D eigenvalue weighted by molar-refractivity contribution is -0.113. The Labute approximate surface area is 224 Å². The molecule has 2 heterocycles. The van der Waals surface area contributed by atoms with Crippen LogP contribution in [0.25, 0.3) is 0 Å². The molecule has 12 heteroatoms. The summed E-state index contributed by atoms with van der Waals surface area (Å²) in [5, 5.41) is 12.2. The van der Waals surface area contributed by atoms with Gasteiger partial charge in [0.25, 0.3) is 5.91 Å². The molecule has 1 N–H and O–H groups in total. The number of thioether (sulfide) groups is 1. The summed E-state index contributed by atoms with van der Waals surface area (Å²) in [4.78, 5) is 39.5. The third-order valence-corrected chi connectivity index (χ3v) is 7.64. The van der Waals surface area contributed by atoms with E-state index in [-0.39, 0.29) is 34.2 Å². The van der Waals surface area contributed by atoms with Crippen molar-refractivity contribution in [2.45, 2.75) is 45.5 Å². The molecule has 0 radical (unpaired) electrons. The quantitative estimate of drug-likeness (QED) is 0.296. The van der Waals surface area contributed by atoms with E-state index in [1.165, 1.54) is 23.8 Å². The van der Waals surface area contributed by atoms with Crippen LogP contribution in [0.1, 0.15) is 56.9 Å². The van der Waals surface area contributed by atoms with Gasteiger partial charge in [-0.25, -0.2) is 4.79 Å². The normalized spacial score (nSPS) is 11.6. The van der Waals surface area contributed by atoms with Crippen LogP contribution in [0.3, 0.4) is 0 Å². The number of nitrogens with one attached hydrogen (secondary N) is 1. The maximum atomic E-state index is 12.8. The van der Waals surface area contributed by atoms with Gasteiger partial charge in [-0.2, -0.15) is 0 Å². The number of thiophene rings is 1. The van der Waals surface area contributed by atoms with Crippen molar-refractivity contribution in [2.24, 2.45) is 0 Å². The minimum atomic E-state index is -0.618. The number of anilines is 1. The van der Waals surface area contributed by atoms with Crippen LogP contribution in [0.5, 0.6) is 5.75 Å². The fourth-order valence-electron chi connectivity index (χ4n) is 3.53. The van der Waals surface area contributed by atoms with Crippen molar-refractivity contribution in [3.8, 4) is 5.75 Å². The molecular weight excluding hydrogens is 514 g/mol. The molecule has 10 nitrogen and oxygen atoms in total. The molecule has 0 spiro atoms. The predicted molar refractivity (Wildman–Crippen MR) is 144 cm³/mol. The van der Waals surface area contributed by atoms with Gasteiger partial charge in [0, 0.05) is 20.6 Å². The molecule has 0 aliphatic heterocycles. The lowest BCUT2D eigenvalue weighted by Crippen LogP contribution is -2.21. The summed E-state index contributed by atoms with van der Waals surface area (Å²) in [6.45, 7) is 8.14. The van der Waals surface area contributed by atoms with Crippen molar-refractivity contribution >= 4 is 45.9 Å². The summed E-state index contributed by atoms with van der Waals surface area (Å²) >= 11 is 2.27. The third-order valence-electron chi connectivity index (χ3n) is 5.48. The second kappa shape index (κ2) is 12.2. The van der Waals surface area contributed by atoms with E-state index in [0.717, 1.165) is 22.6 Å². The Morgan fingerprint density at radius 3 is 2.43 bits per heavy atom. The number of esters is 1. The maximum absolute atomic E-state index is 12.8. The van der Waals surface area contributed by atoms with E-state index in [1.54, 1.807) is 21.0 Å². The van der Waals surface area contributed by atoms with Gasteiger partial charge in [-0.3, -0.25) is 9.59 Å². The first-order valence-electron chi connectivity index (χ1n) is 11.6. The fraction of sp³-hybridized carbons (Fsp3) is 0.400. The van der Waals surface area contributed by atoms with Gasteiger partial charge in [0.1, 0.15) is 10.8 Å². The standard InChI is InChI=1S/C25H31N5O5S2/c1-8-30-21(16(4)35-17-11-9-14(2)10-12-17)27-28-25(30)36-13-18(31)26-22-19(24(33)34-7)15(3)20(37-22)23(32)29(5)6/h9-12,16H,8,13H2,1-7H3,(H,26,31). The Balaban J connectivity index is 1.72. The average molecular weight is 546 g/mol. The highest BCUT2D eigenvalue weighted by Gasteiger charge is 2.27. The van der Waals surface area contributed by atoms with E-state index in [4.69, 9.17) is 9.47 Å². The SMILES string of the molecule is CCn1c(SCC(=O)Nc2sc(C(=O)N(C)C)c(C)c2C(=O)OC)nnc1C(C)Oc1ccc(C)cc1. The van der Waals surface area contributed by atoms with Gasteiger partial charge in [0.15, 0.2) is 17.1 Å². The molecule has 3 rings (SSSR count). The number of aryl methyl sites for hydroxylation is 1. The number of hydrogen-bond donors (Lipinski definition) is 1. The van der Waals surface area contributed by atoms with Crippen molar-refractivity contribution in [1.82, 2.24) is 19.7 Å². The van der Waals surface area contributed by atoms with E-state index < -0.39 is 5.97 Å². The van der Waals surface area contributed by atoms with Crippen LogP contribution in [0, 0.1) is 13.8 Å². The number of aromatic nitrogens is 3. The number of benzene rings is 1. The molecule has 2 aromatic heterocycles. The number of hydrogen-bond acceptors (Lipinski definition) is 9. The Kier molecular flexibility index (Phi) is 9.33. The highest BCUT2D eigenvalue weighted by molar-refractivity contribution is 7.99. The number of amides is 2. The van der Waals surface area contributed by atoms with Gasteiger partial charge in [0.2, 0.25) is 5.91 Å². The highest BCUT2D eigenvalue weighted by atomic mass is 32.2. The first kappa shape index (κ1) is 28.2. The summed E-state index contributed by atoms with van der Waals surface area (Å²) in [7, 11) is 4.51. The molecule has 2 amide bonds. The van der Waals surface area contributed by atoms with Crippen LogP contribution >= 0.6 is 23.1 Å². The van der Waals surface area contributed by atoms with E-state index in [0.29, 0.717) is 28.0 Å². The van der Waals surface area contributed by atoms with Crippen LogP contribution in [-0.4, -0.2) is 64.4 Å². The summed E-state index contributed by atoms with van der Waals surface area (Å²) in [5.41, 5.74) is 1.79. The van der Waals surface area contributed by atoms with Gasteiger partial charge >= 0.3 is 5.97 Å². The highest BCUT2D eigenvalue weighted by Crippen LogP contribution is 2.34. The van der Waals surface area contributed by atoms with Gasteiger partial charge in [0.05, 0.1) is 23.3 Å². The largest absolute Gasteiger partial charge is 0.483 e. The topological polar surface area (TPSA) is 116 Å². The molecule has 0 aliphatic carbocycles. The third kappa shape index (κ3) is 6.50. The van der Waals surface area contributed by atoms with Crippen LogP contribution in [0.4, 0.5) is 5.00 Å². The minimum absolute atomic E-state index is 0.0276. The smallest absolute Gasteiger partial charge is 0.341 e. The summed E-state index contributed by atoms with van der Waals surface area (Å²) < 4.78 is 12.8. The summed E-state index contributed by atoms with van der Waals surface area (Å²) in [6.07, 6.45) is -0.345. The first-order chi connectivity index (χ1) is 17.6. The maximum Gasteiger partial charge on any atom is 0.341 e. The van der Waals surface area contributed by atoms with Gasteiger partial charge in [-0.05, 0) is 45.4 Å². The van der Waals surface area contributed by atoms with Gasteiger partial charge in [-0.1, -0.05) is 29.5 Å². The molecule has 3 aromatic rings. The Morgan fingerprint density at radius 1 is 1.16 bits per heavy atom. The second-order valence-electron chi connectivity index (χ2n) is 8.45. The molecule has 0 aliphatic rings. The Bertz CT molecular complexity index is 1280. The zero-order valence-corrected chi connectivity index (χ0v) is 23.6. The molecule has 0 saturated carbocycles. The fourth-order valence-corrected chi connectivity index (χ4v) is 5.57. The Hall–Kier alpha value is -3.38. The van der Waals surface area contributed by atoms with Crippen LogP contribution in [-0.2, 0) is 16.1 Å². The number of carbonyl (C=O) groups is 3. The van der Waals surface area contributed by atoms with Crippen molar-refractivity contribution < 1.29 is 23.9 Å². The summed E-state index contributed by atoms with van der Waals surface area (Å²) in [5.74, 6) is 0.188. The zero-order valence-electron chi connectivity index (χ0n) is 21.9. The van der Waals surface area contributed by atoms with Crippen molar-refractivity contribution in [1.29, 1.82) is 0 Å². The average Bonchev–Trinajstić information content (AvgIpc) is 3.43. The van der Waals surface area contributed by atoms with Crippen molar-refractivity contribution in [3.63, 3.8) is 0 Å². The zero-order chi connectivity index (χ0) is 27.3. The minimum Gasteiger partial charge on any atom is -0.483 e. The van der Waals surface area contributed by atoms with Crippen LogP contribution in [0.15, 0.2) is 29.4 Å². The molecule has 198 valence electrons. The molecule has 0 saturated heterocycles.